The van der Waals surface area contributed by atoms with Crippen molar-refractivity contribution in [1.29, 1.82) is 5.26 Å². The number of ketones is 1. The normalized spacial score (nSPS) is 15.0. The van der Waals surface area contributed by atoms with Crippen LogP contribution in [0.5, 0.6) is 0 Å². The third kappa shape index (κ3) is 6.38. The highest BCUT2D eigenvalue weighted by atomic mass is 19.4. The summed E-state index contributed by atoms with van der Waals surface area (Å²) in [7, 11) is 0. The summed E-state index contributed by atoms with van der Waals surface area (Å²) in [4.78, 5) is 25.4. The van der Waals surface area contributed by atoms with Gasteiger partial charge in [-0.1, -0.05) is 12.1 Å². The van der Waals surface area contributed by atoms with E-state index in [-0.39, 0.29) is 40.9 Å². The average molecular weight is 489 g/mol. The van der Waals surface area contributed by atoms with Gasteiger partial charge in [0, 0.05) is 28.9 Å². The number of carbonyl (C=O) groups excluding carboxylic acids is 2. The van der Waals surface area contributed by atoms with Gasteiger partial charge in [0.2, 0.25) is 0 Å². The van der Waals surface area contributed by atoms with Crippen molar-refractivity contribution in [3.8, 4) is 6.07 Å². The molecule has 1 unspecified atom stereocenters. The molecular weight excluding hydrogens is 466 g/mol. The number of allylic oxidation sites excluding steroid dienone is 1. The van der Waals surface area contributed by atoms with Gasteiger partial charge in [0.05, 0.1) is 23.2 Å². The monoisotopic (exact) mass is 489 g/mol. The minimum atomic E-state index is -4.56. The number of alkyl halides is 3. The Bertz CT molecular complexity index is 1220. The zero-order valence-electron chi connectivity index (χ0n) is 19.2. The summed E-state index contributed by atoms with van der Waals surface area (Å²) in [6.45, 7) is 4.89. The van der Waals surface area contributed by atoms with Crippen molar-refractivity contribution in [1.82, 2.24) is 5.32 Å². The first kappa shape index (κ1) is 25.7. The number of nitriles is 1. The van der Waals surface area contributed by atoms with Gasteiger partial charge in [-0.3, -0.25) is 4.79 Å². The number of carbonyl (C=O) groups is 2. The summed E-state index contributed by atoms with van der Waals surface area (Å²) >= 11 is 0. The van der Waals surface area contributed by atoms with Crippen LogP contribution >= 0.6 is 0 Å². The SMILES string of the molecule is CC(C)(C)OC(=O)NC(C1=C(Nc2cccc(C(F)(F)F)c2)CCC1=O)c1ccc(C#N)cc1F. The number of nitrogens with zero attached hydrogens (tertiary/aromatic N) is 1. The minimum Gasteiger partial charge on any atom is -0.444 e. The lowest BCUT2D eigenvalue weighted by molar-refractivity contribution is -0.137. The molecule has 0 aliphatic heterocycles. The maximum Gasteiger partial charge on any atom is 0.416 e. The molecule has 1 amide bonds. The number of ether oxygens (including phenoxy) is 1. The van der Waals surface area contributed by atoms with Crippen molar-refractivity contribution in [3.63, 3.8) is 0 Å². The maximum absolute atomic E-state index is 15.0. The van der Waals surface area contributed by atoms with Crippen LogP contribution in [0.3, 0.4) is 0 Å². The standard InChI is InChI=1S/C25H23F4N3O3/c1-24(2,3)35-23(34)32-22(17-8-7-14(13-30)11-18(17)26)21-19(9-10-20(21)33)31-16-6-4-5-15(12-16)25(27,28)29/h4-8,11-12,22,31H,9-10H2,1-3H3,(H,32,34). The number of hydrogen-bond acceptors (Lipinski definition) is 5. The molecule has 0 spiro atoms. The Morgan fingerprint density at radius 1 is 1.11 bits per heavy atom. The van der Waals surface area contributed by atoms with Crippen LogP contribution in [-0.4, -0.2) is 17.5 Å². The zero-order valence-corrected chi connectivity index (χ0v) is 19.2. The number of hydrogen-bond donors (Lipinski definition) is 2. The van der Waals surface area contributed by atoms with E-state index in [2.05, 4.69) is 10.6 Å². The molecule has 0 heterocycles. The van der Waals surface area contributed by atoms with Gasteiger partial charge in [-0.25, -0.2) is 9.18 Å². The number of amides is 1. The van der Waals surface area contributed by atoms with Crippen LogP contribution in [-0.2, 0) is 15.7 Å². The van der Waals surface area contributed by atoms with E-state index in [1.165, 1.54) is 24.3 Å². The van der Waals surface area contributed by atoms with Crippen molar-refractivity contribution < 1.29 is 31.9 Å². The predicted octanol–water partition coefficient (Wildman–Crippen LogP) is 6.01. The molecule has 1 aliphatic carbocycles. The van der Waals surface area contributed by atoms with Crippen molar-refractivity contribution in [2.24, 2.45) is 0 Å². The molecule has 35 heavy (non-hydrogen) atoms. The summed E-state index contributed by atoms with van der Waals surface area (Å²) < 4.78 is 59.6. The Morgan fingerprint density at radius 3 is 2.43 bits per heavy atom. The second kappa shape index (κ2) is 9.78. The summed E-state index contributed by atoms with van der Waals surface area (Å²) in [5.41, 5.74) is -1.49. The van der Waals surface area contributed by atoms with Crippen molar-refractivity contribution in [2.45, 2.75) is 51.4 Å². The van der Waals surface area contributed by atoms with E-state index in [1.807, 2.05) is 6.07 Å². The molecule has 2 aromatic rings. The largest absolute Gasteiger partial charge is 0.444 e. The van der Waals surface area contributed by atoms with Gasteiger partial charge < -0.3 is 15.4 Å². The van der Waals surface area contributed by atoms with E-state index in [1.54, 1.807) is 20.8 Å². The highest BCUT2D eigenvalue weighted by molar-refractivity contribution is 6.01. The fourth-order valence-electron chi connectivity index (χ4n) is 3.65. The molecule has 0 saturated carbocycles. The van der Waals surface area contributed by atoms with E-state index in [0.29, 0.717) is 0 Å². The Balaban J connectivity index is 2.07. The number of anilines is 1. The lowest BCUT2D eigenvalue weighted by Gasteiger charge is -2.25. The summed E-state index contributed by atoms with van der Waals surface area (Å²) in [6, 6.07) is 8.52. The van der Waals surface area contributed by atoms with E-state index in [0.717, 1.165) is 18.2 Å². The van der Waals surface area contributed by atoms with Gasteiger partial charge in [-0.15, -0.1) is 0 Å². The Labute approximate surface area is 199 Å². The van der Waals surface area contributed by atoms with Crippen LogP contribution in [0.2, 0.25) is 0 Å². The number of nitrogens with one attached hydrogen (secondary N) is 2. The molecule has 184 valence electrons. The van der Waals surface area contributed by atoms with Crippen molar-refractivity contribution in [2.75, 3.05) is 5.32 Å². The van der Waals surface area contributed by atoms with Crippen LogP contribution in [0, 0.1) is 17.1 Å². The maximum atomic E-state index is 15.0. The number of rotatable bonds is 5. The molecule has 6 nitrogen and oxygen atoms in total. The molecule has 0 fully saturated rings. The predicted molar refractivity (Wildman–Crippen MR) is 120 cm³/mol. The van der Waals surface area contributed by atoms with Crippen LogP contribution in [0.15, 0.2) is 53.7 Å². The van der Waals surface area contributed by atoms with E-state index in [4.69, 9.17) is 10.00 Å². The highest BCUT2D eigenvalue weighted by Gasteiger charge is 2.35. The Morgan fingerprint density at radius 2 is 1.83 bits per heavy atom. The lowest BCUT2D eigenvalue weighted by Crippen LogP contribution is -2.37. The highest BCUT2D eigenvalue weighted by Crippen LogP contribution is 2.37. The molecule has 1 atom stereocenters. The fourth-order valence-corrected chi connectivity index (χ4v) is 3.65. The van der Waals surface area contributed by atoms with Crippen LogP contribution < -0.4 is 10.6 Å². The first-order chi connectivity index (χ1) is 16.3. The Kier molecular flexibility index (Phi) is 7.19. The second-order valence-corrected chi connectivity index (χ2v) is 8.95. The number of alkyl carbamates (subject to hydrolysis) is 1. The summed E-state index contributed by atoms with van der Waals surface area (Å²) in [5.74, 6) is -1.25. The molecule has 0 saturated heterocycles. The van der Waals surface area contributed by atoms with Crippen molar-refractivity contribution in [3.05, 3.63) is 76.2 Å². The molecule has 2 N–H and O–H groups in total. The van der Waals surface area contributed by atoms with Crippen LogP contribution in [0.4, 0.5) is 28.0 Å². The zero-order chi connectivity index (χ0) is 26.0. The van der Waals surface area contributed by atoms with Crippen LogP contribution in [0.25, 0.3) is 0 Å². The molecule has 1 aliphatic rings. The summed E-state index contributed by atoms with van der Waals surface area (Å²) in [5, 5.41) is 14.4. The van der Waals surface area contributed by atoms with Gasteiger partial charge >= 0.3 is 12.3 Å². The quantitative estimate of drug-likeness (QED) is 0.502. The second-order valence-electron chi connectivity index (χ2n) is 8.95. The van der Waals surface area contributed by atoms with Gasteiger partial charge in [0.1, 0.15) is 11.4 Å². The van der Waals surface area contributed by atoms with Gasteiger partial charge in [0.15, 0.2) is 5.78 Å². The lowest BCUT2D eigenvalue weighted by atomic mass is 9.95. The molecule has 0 aromatic heterocycles. The first-order valence-electron chi connectivity index (χ1n) is 10.7. The molecule has 0 radical (unpaired) electrons. The van der Waals surface area contributed by atoms with Gasteiger partial charge in [0.25, 0.3) is 0 Å². The third-order valence-corrected chi connectivity index (χ3v) is 5.10. The van der Waals surface area contributed by atoms with Crippen molar-refractivity contribution >= 4 is 17.6 Å². The molecule has 0 bridgehead atoms. The van der Waals surface area contributed by atoms with E-state index < -0.39 is 41.1 Å². The first-order valence-corrected chi connectivity index (χ1v) is 10.7. The Hall–Kier alpha value is -3.87. The molecule has 3 rings (SSSR count). The molecule has 2 aromatic carbocycles. The molecule has 10 heteroatoms. The van der Waals surface area contributed by atoms with Gasteiger partial charge in [-0.05, 0) is 57.5 Å². The van der Waals surface area contributed by atoms with Crippen LogP contribution in [0.1, 0.15) is 56.3 Å². The minimum absolute atomic E-state index is 0.00289. The average Bonchev–Trinajstić information content (AvgIpc) is 3.10. The van der Waals surface area contributed by atoms with E-state index >= 15 is 0 Å². The molecular formula is C25H23F4N3O3. The number of halogens is 4. The number of benzene rings is 2. The topological polar surface area (TPSA) is 91.2 Å². The van der Waals surface area contributed by atoms with Gasteiger partial charge in [-0.2, -0.15) is 18.4 Å². The number of Topliss-reactive ketones (excluding diaryl/α,β-unsaturated/α-hetero) is 1. The van der Waals surface area contributed by atoms with E-state index in [9.17, 15) is 27.2 Å². The summed E-state index contributed by atoms with van der Waals surface area (Å²) in [6.07, 6.45) is -5.32. The third-order valence-electron chi connectivity index (χ3n) is 5.10. The fraction of sp³-hybridized carbons (Fsp3) is 0.320. The smallest absolute Gasteiger partial charge is 0.416 e.